The van der Waals surface area contributed by atoms with Crippen molar-refractivity contribution in [1.82, 2.24) is 14.3 Å². The molecule has 132 valence electrons. The Balaban J connectivity index is 1.61. The van der Waals surface area contributed by atoms with Gasteiger partial charge < -0.3 is 0 Å². The van der Waals surface area contributed by atoms with E-state index in [9.17, 15) is 8.42 Å². The lowest BCUT2D eigenvalue weighted by Crippen LogP contribution is -2.36. The smallest absolute Gasteiger partial charge is 0.236 e. The van der Waals surface area contributed by atoms with Crippen LogP contribution in [-0.4, -0.2) is 29.2 Å². The van der Waals surface area contributed by atoms with Gasteiger partial charge in [0, 0.05) is 41.9 Å². The number of hydrogen-bond donors (Lipinski definition) is 0. The first-order chi connectivity index (χ1) is 12.5. The van der Waals surface area contributed by atoms with Gasteiger partial charge in [0.1, 0.15) is 0 Å². The molecule has 0 bridgehead atoms. The highest BCUT2D eigenvalue weighted by atomic mass is 35.5. The maximum Gasteiger partial charge on any atom is 0.243 e. The second-order valence-corrected chi connectivity index (χ2v) is 8.45. The number of fused-ring (bicyclic) bond motifs is 1. The van der Waals surface area contributed by atoms with Gasteiger partial charge in [-0.25, -0.2) is 18.4 Å². The topological polar surface area (TPSA) is 63.2 Å². The molecule has 1 aromatic heterocycles. The molecule has 0 unspecified atom stereocenters. The van der Waals surface area contributed by atoms with E-state index in [1.54, 1.807) is 18.3 Å². The van der Waals surface area contributed by atoms with Crippen LogP contribution in [0.1, 0.15) is 11.3 Å². The Morgan fingerprint density at radius 1 is 1.00 bits per heavy atom. The third-order valence-corrected chi connectivity index (χ3v) is 6.49. The maximum atomic E-state index is 12.8. The van der Waals surface area contributed by atoms with Crippen molar-refractivity contribution in [1.29, 1.82) is 0 Å². The lowest BCUT2D eigenvalue weighted by molar-refractivity contribution is 0.387. The molecule has 0 saturated heterocycles. The first-order valence-electron chi connectivity index (χ1n) is 8.20. The summed E-state index contributed by atoms with van der Waals surface area (Å²) in [5.74, 6) is 0.665. The molecule has 0 fully saturated rings. The van der Waals surface area contributed by atoms with Crippen molar-refractivity contribution in [3.05, 3.63) is 77.1 Å². The molecule has 26 heavy (non-hydrogen) atoms. The summed E-state index contributed by atoms with van der Waals surface area (Å²) in [7, 11) is -3.56. The van der Waals surface area contributed by atoms with Crippen molar-refractivity contribution < 1.29 is 8.42 Å². The van der Waals surface area contributed by atoms with Crippen molar-refractivity contribution in [2.24, 2.45) is 0 Å². The first kappa shape index (κ1) is 17.1. The molecule has 1 aliphatic rings. The van der Waals surface area contributed by atoms with E-state index < -0.39 is 10.0 Å². The summed E-state index contributed by atoms with van der Waals surface area (Å²) >= 11 is 5.85. The molecule has 0 spiro atoms. The Morgan fingerprint density at radius 2 is 1.73 bits per heavy atom. The minimum atomic E-state index is -3.56. The van der Waals surface area contributed by atoms with Crippen LogP contribution in [0.25, 0.3) is 11.4 Å². The van der Waals surface area contributed by atoms with Crippen LogP contribution >= 0.6 is 11.6 Å². The number of sulfonamides is 1. The van der Waals surface area contributed by atoms with Gasteiger partial charge >= 0.3 is 0 Å². The van der Waals surface area contributed by atoms with Crippen LogP contribution in [-0.2, 0) is 23.0 Å². The number of aromatic nitrogens is 2. The largest absolute Gasteiger partial charge is 0.243 e. The van der Waals surface area contributed by atoms with E-state index in [-0.39, 0.29) is 11.4 Å². The van der Waals surface area contributed by atoms with Gasteiger partial charge in [0.2, 0.25) is 10.0 Å². The minimum absolute atomic E-state index is 0.243. The number of halogens is 1. The van der Waals surface area contributed by atoms with E-state index in [0.717, 1.165) is 16.8 Å². The van der Waals surface area contributed by atoms with E-state index in [2.05, 4.69) is 9.97 Å². The van der Waals surface area contributed by atoms with E-state index in [0.29, 0.717) is 23.8 Å². The molecule has 0 aliphatic carbocycles. The van der Waals surface area contributed by atoms with Crippen LogP contribution in [0, 0.1) is 0 Å². The molecular weight excluding hydrogens is 370 g/mol. The van der Waals surface area contributed by atoms with Gasteiger partial charge in [-0.1, -0.05) is 41.9 Å². The molecule has 0 saturated carbocycles. The monoisotopic (exact) mass is 385 g/mol. The van der Waals surface area contributed by atoms with Crippen molar-refractivity contribution in [2.75, 3.05) is 6.54 Å². The Bertz CT molecular complexity index is 1040. The zero-order chi connectivity index (χ0) is 18.1. The van der Waals surface area contributed by atoms with Crippen LogP contribution in [0.4, 0.5) is 0 Å². The fourth-order valence-corrected chi connectivity index (χ4v) is 4.52. The highest BCUT2D eigenvalue weighted by molar-refractivity contribution is 7.89. The summed E-state index contributed by atoms with van der Waals surface area (Å²) in [6.07, 6.45) is 2.29. The normalized spacial score (nSPS) is 14.8. The van der Waals surface area contributed by atoms with Crippen LogP contribution in [0.5, 0.6) is 0 Å². The minimum Gasteiger partial charge on any atom is -0.236 e. The predicted octanol–water partition coefficient (Wildman–Crippen LogP) is 3.54. The molecule has 0 N–H and O–H groups in total. The third-order valence-electron chi connectivity index (χ3n) is 4.38. The van der Waals surface area contributed by atoms with Crippen molar-refractivity contribution in [2.45, 2.75) is 17.9 Å². The highest BCUT2D eigenvalue weighted by Crippen LogP contribution is 2.26. The van der Waals surface area contributed by atoms with Crippen molar-refractivity contribution in [3.8, 4) is 11.4 Å². The number of hydrogen-bond acceptors (Lipinski definition) is 4. The van der Waals surface area contributed by atoms with Gasteiger partial charge in [-0.2, -0.15) is 4.31 Å². The third kappa shape index (κ3) is 3.23. The van der Waals surface area contributed by atoms with Crippen molar-refractivity contribution in [3.63, 3.8) is 0 Å². The molecule has 7 heteroatoms. The highest BCUT2D eigenvalue weighted by Gasteiger charge is 2.29. The van der Waals surface area contributed by atoms with E-state index in [4.69, 9.17) is 11.6 Å². The molecule has 2 aromatic carbocycles. The lowest BCUT2D eigenvalue weighted by Gasteiger charge is -2.27. The summed E-state index contributed by atoms with van der Waals surface area (Å²) in [6.45, 7) is 0.665. The van der Waals surface area contributed by atoms with Gasteiger partial charge in [-0.05, 0) is 24.3 Å². The quantitative estimate of drug-likeness (QED) is 0.691. The van der Waals surface area contributed by atoms with E-state index in [1.807, 2.05) is 30.3 Å². The van der Waals surface area contributed by atoms with Crippen LogP contribution in [0.15, 0.2) is 65.7 Å². The number of nitrogens with zero attached hydrogens (tertiary/aromatic N) is 3. The first-order valence-corrected chi connectivity index (χ1v) is 10.0. The molecule has 4 rings (SSSR count). The maximum absolute atomic E-state index is 12.8. The van der Waals surface area contributed by atoms with Crippen molar-refractivity contribution >= 4 is 21.6 Å². The zero-order valence-corrected chi connectivity index (χ0v) is 15.4. The van der Waals surface area contributed by atoms with Gasteiger partial charge in [0.15, 0.2) is 5.82 Å². The Hall–Kier alpha value is -2.28. The SMILES string of the molecule is O=S(=O)(c1ccc(Cl)cc1)N1CCc2nc(-c3ccccc3)ncc2C1. The van der Waals surface area contributed by atoms with Gasteiger partial charge in [0.05, 0.1) is 10.6 Å². The Labute approximate surface area is 157 Å². The summed E-state index contributed by atoms with van der Waals surface area (Å²) < 4.78 is 27.1. The van der Waals surface area contributed by atoms with Gasteiger partial charge in [0.25, 0.3) is 0 Å². The molecule has 5 nitrogen and oxygen atoms in total. The molecule has 2 heterocycles. The fourth-order valence-electron chi connectivity index (χ4n) is 2.98. The second kappa shape index (κ2) is 6.79. The molecular formula is C19H16ClN3O2S. The van der Waals surface area contributed by atoms with E-state index in [1.165, 1.54) is 16.4 Å². The summed E-state index contributed by atoms with van der Waals surface area (Å²) in [5.41, 5.74) is 2.70. The van der Waals surface area contributed by atoms with Gasteiger partial charge in [-0.15, -0.1) is 0 Å². The molecule has 3 aromatic rings. The summed E-state index contributed by atoms with van der Waals surface area (Å²) in [6, 6.07) is 16.0. The zero-order valence-electron chi connectivity index (χ0n) is 13.8. The van der Waals surface area contributed by atoms with Gasteiger partial charge in [-0.3, -0.25) is 0 Å². The van der Waals surface area contributed by atoms with Crippen LogP contribution in [0.2, 0.25) is 5.02 Å². The van der Waals surface area contributed by atoms with Crippen LogP contribution < -0.4 is 0 Å². The number of benzene rings is 2. The summed E-state index contributed by atoms with van der Waals surface area (Å²) in [4.78, 5) is 9.29. The Morgan fingerprint density at radius 3 is 2.46 bits per heavy atom. The average Bonchev–Trinajstić information content (AvgIpc) is 2.68. The number of rotatable bonds is 3. The molecule has 0 amide bonds. The average molecular weight is 386 g/mol. The molecule has 1 aliphatic heterocycles. The fraction of sp³-hybridized carbons (Fsp3) is 0.158. The summed E-state index contributed by atoms with van der Waals surface area (Å²) in [5, 5.41) is 0.509. The Kier molecular flexibility index (Phi) is 4.48. The lowest BCUT2D eigenvalue weighted by atomic mass is 10.1. The second-order valence-electron chi connectivity index (χ2n) is 6.07. The van der Waals surface area contributed by atoms with E-state index >= 15 is 0 Å². The van der Waals surface area contributed by atoms with Crippen LogP contribution in [0.3, 0.4) is 0 Å². The standard InChI is InChI=1S/C19H16ClN3O2S/c20-16-6-8-17(9-7-16)26(24,25)23-11-10-18-15(13-23)12-21-19(22-18)14-4-2-1-3-5-14/h1-9,12H,10-11,13H2. The molecule has 0 atom stereocenters. The predicted molar refractivity (Wildman–Crippen MR) is 100 cm³/mol. The molecule has 0 radical (unpaired) electrons.